The zero-order chi connectivity index (χ0) is 24.4. The first-order chi connectivity index (χ1) is 16.3. The molecule has 12 heteroatoms. The molecule has 178 valence electrons. The number of nitrogens with zero attached hydrogens (tertiary/aromatic N) is 4. The van der Waals surface area contributed by atoms with Gasteiger partial charge in [0.2, 0.25) is 0 Å². The Bertz CT molecular complexity index is 1250. The van der Waals surface area contributed by atoms with Crippen molar-refractivity contribution in [1.29, 1.82) is 5.53 Å². The number of amides is 1. The molecule has 0 bridgehead atoms. The third-order valence-electron chi connectivity index (χ3n) is 5.49. The Labute approximate surface area is 198 Å². The average molecular weight is 489 g/mol. The highest BCUT2D eigenvalue weighted by Gasteiger charge is 2.27. The number of aryl methyl sites for hydroxylation is 1. The molecule has 3 heterocycles. The van der Waals surface area contributed by atoms with Gasteiger partial charge in [-0.2, -0.15) is 5.11 Å². The van der Waals surface area contributed by atoms with Crippen molar-refractivity contribution < 1.29 is 23.0 Å². The highest BCUT2D eigenvalue weighted by Crippen LogP contribution is 2.36. The molecule has 3 N–H and O–H groups in total. The van der Waals surface area contributed by atoms with E-state index < -0.39 is 29.1 Å². The summed E-state index contributed by atoms with van der Waals surface area (Å²) in [5.41, 5.74) is 12.7. The van der Waals surface area contributed by atoms with Crippen molar-refractivity contribution in [2.24, 2.45) is 5.11 Å². The van der Waals surface area contributed by atoms with Crippen LogP contribution in [0, 0.1) is 24.1 Å². The molecule has 9 nitrogen and oxygen atoms in total. The number of benzene rings is 1. The van der Waals surface area contributed by atoms with Gasteiger partial charge in [0.05, 0.1) is 40.3 Å². The number of thiazole rings is 1. The maximum Gasteiger partial charge on any atom is 0.410 e. The van der Waals surface area contributed by atoms with E-state index in [1.165, 1.54) is 17.4 Å². The number of aromatic nitrogens is 2. The number of likely N-dealkylation sites (tertiary alicyclic amines) is 1. The summed E-state index contributed by atoms with van der Waals surface area (Å²) in [6, 6.07) is 5.83. The fourth-order valence-corrected chi connectivity index (χ4v) is 4.65. The van der Waals surface area contributed by atoms with E-state index in [-0.39, 0.29) is 24.0 Å². The Balaban J connectivity index is 1.54. The normalized spacial score (nSPS) is 15.5. The van der Waals surface area contributed by atoms with Gasteiger partial charge >= 0.3 is 6.09 Å². The van der Waals surface area contributed by atoms with Gasteiger partial charge in [0.1, 0.15) is 17.3 Å². The van der Waals surface area contributed by atoms with Crippen molar-refractivity contribution >= 4 is 28.8 Å². The Morgan fingerprint density at radius 2 is 2.12 bits per heavy atom. The Hall–Kier alpha value is -3.51. The van der Waals surface area contributed by atoms with Gasteiger partial charge in [-0.05, 0) is 31.5 Å². The molecule has 0 aliphatic carbocycles. The number of carbonyl (C=O) groups is 1. The van der Waals surface area contributed by atoms with Gasteiger partial charge in [-0.25, -0.2) is 29.1 Å². The number of ether oxygens (including phenoxy) is 2. The number of anilines is 1. The molecule has 1 unspecified atom stereocenters. The van der Waals surface area contributed by atoms with Gasteiger partial charge in [0, 0.05) is 19.2 Å². The molecule has 1 atom stereocenters. The fraction of sp³-hybridized carbons (Fsp3) is 0.318. The van der Waals surface area contributed by atoms with E-state index in [2.05, 4.69) is 15.1 Å². The Morgan fingerprint density at radius 3 is 2.82 bits per heavy atom. The highest BCUT2D eigenvalue weighted by atomic mass is 32.1. The standard InChI is InChI=1S/C22H22F2N6O3S/c1-11-21(34-17(27-11)10-33-22(31)30-7-6-12(9-30)32-2)16-5-3-4-15(28-16)13-8-14(23)20(29-26)19(25)18(13)24/h3-5,8,12,26H,6-7,9-10,25H2,1-2H3. The molecule has 1 amide bonds. The zero-order valence-corrected chi connectivity index (χ0v) is 19.3. The summed E-state index contributed by atoms with van der Waals surface area (Å²) in [7, 11) is 1.62. The Kier molecular flexibility index (Phi) is 6.80. The zero-order valence-electron chi connectivity index (χ0n) is 18.5. The van der Waals surface area contributed by atoms with Crippen molar-refractivity contribution in [3.63, 3.8) is 0 Å². The summed E-state index contributed by atoms with van der Waals surface area (Å²) in [4.78, 5) is 23.5. The summed E-state index contributed by atoms with van der Waals surface area (Å²) >= 11 is 1.30. The minimum atomic E-state index is -0.913. The molecule has 0 saturated carbocycles. The molecule has 3 aromatic rings. The minimum Gasteiger partial charge on any atom is -0.442 e. The number of nitrogens with two attached hydrogens (primary N) is 1. The molecule has 4 rings (SSSR count). The number of carbonyl (C=O) groups excluding carboxylic acids is 1. The number of nitrogens with one attached hydrogen (secondary N) is 1. The number of pyridine rings is 1. The third-order valence-corrected chi connectivity index (χ3v) is 6.64. The lowest BCUT2D eigenvalue weighted by molar-refractivity contribution is 0.0847. The van der Waals surface area contributed by atoms with Gasteiger partial charge in [0.15, 0.2) is 11.6 Å². The molecule has 1 saturated heterocycles. The molecular weight excluding hydrogens is 466 g/mol. The smallest absolute Gasteiger partial charge is 0.410 e. The second-order valence-electron chi connectivity index (χ2n) is 7.67. The number of nitrogen functional groups attached to an aromatic ring is 1. The van der Waals surface area contributed by atoms with Crippen molar-refractivity contribution in [2.75, 3.05) is 25.9 Å². The van der Waals surface area contributed by atoms with E-state index in [0.29, 0.717) is 34.4 Å². The van der Waals surface area contributed by atoms with Crippen LogP contribution in [-0.4, -0.2) is 47.3 Å². The van der Waals surface area contributed by atoms with E-state index in [9.17, 15) is 13.6 Å². The van der Waals surface area contributed by atoms with Crippen LogP contribution in [0.15, 0.2) is 29.4 Å². The lowest BCUT2D eigenvalue weighted by Crippen LogP contribution is -2.30. The second-order valence-corrected chi connectivity index (χ2v) is 8.75. The maximum absolute atomic E-state index is 14.7. The third kappa shape index (κ3) is 4.59. The van der Waals surface area contributed by atoms with Gasteiger partial charge in [-0.15, -0.1) is 11.3 Å². The van der Waals surface area contributed by atoms with E-state index in [0.717, 1.165) is 12.5 Å². The quantitative estimate of drug-likeness (QED) is 0.369. The van der Waals surface area contributed by atoms with E-state index in [4.69, 9.17) is 20.7 Å². The molecule has 1 aliphatic heterocycles. The van der Waals surface area contributed by atoms with Crippen LogP contribution in [0.3, 0.4) is 0 Å². The van der Waals surface area contributed by atoms with Crippen molar-refractivity contribution in [1.82, 2.24) is 14.9 Å². The molecule has 1 aromatic carbocycles. The van der Waals surface area contributed by atoms with Gasteiger partial charge in [-0.1, -0.05) is 6.07 Å². The lowest BCUT2D eigenvalue weighted by Gasteiger charge is -2.15. The van der Waals surface area contributed by atoms with Crippen LogP contribution in [0.4, 0.5) is 25.0 Å². The van der Waals surface area contributed by atoms with Gasteiger partial charge in [0.25, 0.3) is 0 Å². The van der Waals surface area contributed by atoms with E-state index in [1.54, 1.807) is 31.1 Å². The topological polar surface area (TPSA) is 127 Å². The molecule has 2 aromatic heterocycles. The summed E-state index contributed by atoms with van der Waals surface area (Å²) in [5, 5.41) is 3.53. The predicted octanol–water partition coefficient (Wildman–Crippen LogP) is 5.06. The summed E-state index contributed by atoms with van der Waals surface area (Å²) in [6.07, 6.45) is 0.364. The molecule has 0 radical (unpaired) electrons. The number of rotatable bonds is 6. The molecular formula is C22H22F2N6O3S. The number of hydrogen-bond donors (Lipinski definition) is 2. The summed E-state index contributed by atoms with van der Waals surface area (Å²) in [6.45, 7) is 2.87. The maximum atomic E-state index is 14.7. The predicted molar refractivity (Wildman–Crippen MR) is 122 cm³/mol. The number of halogens is 2. The molecule has 34 heavy (non-hydrogen) atoms. The molecule has 0 spiro atoms. The first-order valence-corrected chi connectivity index (χ1v) is 11.2. The van der Waals surface area contributed by atoms with Crippen LogP contribution in [-0.2, 0) is 16.1 Å². The van der Waals surface area contributed by atoms with Crippen LogP contribution in [0.2, 0.25) is 0 Å². The monoisotopic (exact) mass is 488 g/mol. The summed E-state index contributed by atoms with van der Waals surface area (Å²) in [5.74, 6) is -1.81. The first-order valence-electron chi connectivity index (χ1n) is 10.4. The number of hydrogen-bond acceptors (Lipinski definition) is 9. The van der Waals surface area contributed by atoms with Crippen LogP contribution in [0.1, 0.15) is 17.1 Å². The van der Waals surface area contributed by atoms with Crippen LogP contribution in [0.5, 0.6) is 0 Å². The highest BCUT2D eigenvalue weighted by molar-refractivity contribution is 7.15. The lowest BCUT2D eigenvalue weighted by atomic mass is 10.1. The fourth-order valence-electron chi connectivity index (χ4n) is 3.70. The average Bonchev–Trinajstić information content (AvgIpc) is 3.47. The SMILES string of the molecule is COC1CCN(C(=O)OCc2nc(C)c(-c3cccc(-c4cc(F)c(N=N)c(N)c4F)n3)s2)C1. The van der Waals surface area contributed by atoms with Gasteiger partial charge in [-0.3, -0.25) is 0 Å². The number of methoxy groups -OCH3 is 1. The van der Waals surface area contributed by atoms with Crippen LogP contribution in [0.25, 0.3) is 21.8 Å². The van der Waals surface area contributed by atoms with Crippen molar-refractivity contribution in [2.45, 2.75) is 26.1 Å². The van der Waals surface area contributed by atoms with E-state index >= 15 is 0 Å². The molecule has 1 fully saturated rings. The Morgan fingerprint density at radius 1 is 1.35 bits per heavy atom. The molecule has 1 aliphatic rings. The van der Waals surface area contributed by atoms with Crippen molar-refractivity contribution in [3.8, 4) is 21.8 Å². The van der Waals surface area contributed by atoms with Crippen molar-refractivity contribution in [3.05, 3.63) is 46.6 Å². The summed E-state index contributed by atoms with van der Waals surface area (Å²) < 4.78 is 39.6. The first kappa shape index (κ1) is 23.6. The largest absolute Gasteiger partial charge is 0.442 e. The second kappa shape index (κ2) is 9.77. The van der Waals surface area contributed by atoms with E-state index in [1.807, 2.05) is 0 Å². The van der Waals surface area contributed by atoms with Crippen LogP contribution >= 0.6 is 11.3 Å². The van der Waals surface area contributed by atoms with Crippen LogP contribution < -0.4 is 5.73 Å². The minimum absolute atomic E-state index is 0.00659. The van der Waals surface area contributed by atoms with Gasteiger partial charge < -0.3 is 20.1 Å².